The number of carbonyl (C=O) groups excluding carboxylic acids is 1. The highest BCUT2D eigenvalue weighted by atomic mass is 32.2. The molecule has 21 heavy (non-hydrogen) atoms. The van der Waals surface area contributed by atoms with Gasteiger partial charge in [-0.25, -0.2) is 9.67 Å². The second-order valence-electron chi connectivity index (χ2n) is 4.19. The van der Waals surface area contributed by atoms with Gasteiger partial charge in [-0.3, -0.25) is 9.36 Å². The Labute approximate surface area is 124 Å². The molecule has 0 spiro atoms. The number of thioether (sulfide) groups is 1. The molecule has 3 aromatic rings. The molecule has 2 heterocycles. The summed E-state index contributed by atoms with van der Waals surface area (Å²) >= 11 is 1.28. The second-order valence-corrected chi connectivity index (χ2v) is 5.13. The van der Waals surface area contributed by atoms with Gasteiger partial charge in [-0.05, 0) is 22.6 Å². The minimum Gasteiger partial charge on any atom is -0.468 e. The van der Waals surface area contributed by atoms with E-state index in [0.717, 1.165) is 11.0 Å². The van der Waals surface area contributed by atoms with Crippen molar-refractivity contribution in [3.8, 4) is 5.95 Å². The predicted octanol–water partition coefficient (Wildman–Crippen LogP) is 0.814. The van der Waals surface area contributed by atoms with Crippen molar-refractivity contribution in [1.29, 1.82) is 0 Å². The summed E-state index contributed by atoms with van der Waals surface area (Å²) in [5.41, 5.74) is 1.69. The molecule has 0 unspecified atom stereocenters. The molecule has 0 aliphatic carbocycles. The van der Waals surface area contributed by atoms with Crippen LogP contribution in [0.5, 0.6) is 0 Å². The van der Waals surface area contributed by atoms with E-state index < -0.39 is 0 Å². The van der Waals surface area contributed by atoms with Crippen LogP contribution in [-0.4, -0.2) is 48.6 Å². The van der Waals surface area contributed by atoms with Gasteiger partial charge >= 0.3 is 5.97 Å². The first-order chi connectivity index (χ1) is 10.2. The Kier molecular flexibility index (Phi) is 3.57. The molecule has 0 saturated carbocycles. The van der Waals surface area contributed by atoms with Crippen LogP contribution in [-0.2, 0) is 16.6 Å². The molecule has 0 atom stereocenters. The number of rotatable bonds is 4. The summed E-state index contributed by atoms with van der Waals surface area (Å²) in [6.45, 7) is 0. The summed E-state index contributed by atoms with van der Waals surface area (Å²) in [5, 5.41) is 12.1. The van der Waals surface area contributed by atoms with Crippen LogP contribution < -0.4 is 0 Å². The highest BCUT2D eigenvalue weighted by Crippen LogP contribution is 2.26. The zero-order valence-electron chi connectivity index (χ0n) is 11.4. The molecule has 108 valence electrons. The van der Waals surface area contributed by atoms with Gasteiger partial charge in [0.25, 0.3) is 5.95 Å². The van der Waals surface area contributed by atoms with Gasteiger partial charge in [0.1, 0.15) is 0 Å². The lowest BCUT2D eigenvalue weighted by Gasteiger charge is -2.05. The van der Waals surface area contributed by atoms with Crippen molar-refractivity contribution in [3.05, 3.63) is 24.3 Å². The third kappa shape index (κ3) is 2.47. The number of carbonyl (C=O) groups is 1. The summed E-state index contributed by atoms with van der Waals surface area (Å²) < 4.78 is 8.03. The number of hydrogen-bond acceptors (Lipinski definition) is 7. The van der Waals surface area contributed by atoms with Gasteiger partial charge in [0.2, 0.25) is 0 Å². The minimum absolute atomic E-state index is 0.172. The SMILES string of the molecule is COC(=O)CSc1nc2ccccc2n1-c1nnnn1C. The fraction of sp³-hybridized carbons (Fsp3) is 0.250. The Morgan fingerprint density at radius 2 is 2.19 bits per heavy atom. The number of aryl methyl sites for hydroxylation is 1. The predicted molar refractivity (Wildman–Crippen MR) is 76.2 cm³/mol. The van der Waals surface area contributed by atoms with Crippen LogP contribution in [0.25, 0.3) is 17.0 Å². The molecule has 0 aliphatic heterocycles. The number of fused-ring (bicyclic) bond motifs is 1. The summed E-state index contributed by atoms with van der Waals surface area (Å²) in [7, 11) is 3.11. The van der Waals surface area contributed by atoms with Crippen LogP contribution >= 0.6 is 11.8 Å². The van der Waals surface area contributed by atoms with E-state index in [1.165, 1.54) is 18.9 Å². The summed E-state index contributed by atoms with van der Waals surface area (Å²) in [5.74, 6) is 0.399. The number of methoxy groups -OCH3 is 1. The molecule has 3 rings (SSSR count). The number of imidazole rings is 1. The Morgan fingerprint density at radius 1 is 1.38 bits per heavy atom. The Bertz CT molecular complexity index is 796. The van der Waals surface area contributed by atoms with Crippen LogP contribution in [0.4, 0.5) is 0 Å². The van der Waals surface area contributed by atoms with Crippen LogP contribution in [0.1, 0.15) is 0 Å². The van der Waals surface area contributed by atoms with Crippen molar-refractivity contribution in [2.75, 3.05) is 12.9 Å². The molecule has 0 fully saturated rings. The van der Waals surface area contributed by atoms with Crippen molar-refractivity contribution in [1.82, 2.24) is 29.8 Å². The van der Waals surface area contributed by atoms with E-state index in [1.807, 2.05) is 28.8 Å². The maximum absolute atomic E-state index is 11.3. The van der Waals surface area contributed by atoms with E-state index in [4.69, 9.17) is 0 Å². The first-order valence-electron chi connectivity index (χ1n) is 6.10. The molecule has 1 aromatic carbocycles. The van der Waals surface area contributed by atoms with Gasteiger partial charge in [0.15, 0.2) is 5.16 Å². The monoisotopic (exact) mass is 304 g/mol. The number of hydrogen-bond donors (Lipinski definition) is 0. The molecule has 2 aromatic heterocycles. The standard InChI is InChI=1S/C12H12N6O2S/c1-17-11(14-15-16-17)18-9-6-4-3-5-8(9)13-12(18)21-7-10(19)20-2/h3-6H,7H2,1-2H3. The molecule has 0 bridgehead atoms. The molecule has 0 amide bonds. The zero-order valence-corrected chi connectivity index (χ0v) is 12.2. The number of benzene rings is 1. The lowest BCUT2D eigenvalue weighted by Crippen LogP contribution is -2.08. The van der Waals surface area contributed by atoms with E-state index in [0.29, 0.717) is 11.1 Å². The van der Waals surface area contributed by atoms with Gasteiger partial charge in [-0.1, -0.05) is 29.0 Å². The number of para-hydroxylation sites is 2. The van der Waals surface area contributed by atoms with E-state index in [2.05, 4.69) is 25.2 Å². The Balaban J connectivity index is 2.10. The van der Waals surface area contributed by atoms with E-state index in [-0.39, 0.29) is 11.7 Å². The fourth-order valence-corrected chi connectivity index (χ4v) is 2.73. The van der Waals surface area contributed by atoms with Crippen LogP contribution in [0.2, 0.25) is 0 Å². The lowest BCUT2D eigenvalue weighted by molar-refractivity contribution is -0.137. The van der Waals surface area contributed by atoms with Crippen LogP contribution in [0, 0.1) is 0 Å². The van der Waals surface area contributed by atoms with Gasteiger partial charge < -0.3 is 4.74 Å². The van der Waals surface area contributed by atoms with Gasteiger partial charge in [0.05, 0.1) is 23.9 Å². The minimum atomic E-state index is -0.310. The number of tetrazole rings is 1. The summed E-state index contributed by atoms with van der Waals surface area (Å²) in [6.07, 6.45) is 0. The highest BCUT2D eigenvalue weighted by Gasteiger charge is 2.17. The smallest absolute Gasteiger partial charge is 0.316 e. The average molecular weight is 304 g/mol. The van der Waals surface area contributed by atoms with Crippen molar-refractivity contribution in [2.45, 2.75) is 5.16 Å². The third-order valence-electron chi connectivity index (χ3n) is 2.87. The lowest BCUT2D eigenvalue weighted by atomic mass is 10.3. The van der Waals surface area contributed by atoms with E-state index in [1.54, 1.807) is 11.7 Å². The first-order valence-corrected chi connectivity index (χ1v) is 7.09. The zero-order chi connectivity index (χ0) is 14.8. The van der Waals surface area contributed by atoms with Crippen LogP contribution in [0.3, 0.4) is 0 Å². The van der Waals surface area contributed by atoms with E-state index in [9.17, 15) is 4.79 Å². The second kappa shape index (κ2) is 5.52. The maximum atomic E-state index is 11.3. The normalized spacial score (nSPS) is 11.0. The molecule has 0 N–H and O–H groups in total. The molecular formula is C12H12N6O2S. The quantitative estimate of drug-likeness (QED) is 0.520. The van der Waals surface area contributed by atoms with Gasteiger partial charge in [-0.15, -0.1) is 0 Å². The number of nitrogens with zero attached hydrogens (tertiary/aromatic N) is 6. The van der Waals surface area contributed by atoms with Crippen molar-refractivity contribution in [3.63, 3.8) is 0 Å². The molecular weight excluding hydrogens is 292 g/mol. The van der Waals surface area contributed by atoms with Gasteiger partial charge in [-0.2, -0.15) is 0 Å². The van der Waals surface area contributed by atoms with Crippen molar-refractivity contribution in [2.24, 2.45) is 7.05 Å². The Morgan fingerprint density at radius 3 is 2.90 bits per heavy atom. The Hall–Kier alpha value is -2.42. The van der Waals surface area contributed by atoms with Crippen LogP contribution in [0.15, 0.2) is 29.4 Å². The largest absolute Gasteiger partial charge is 0.468 e. The number of aromatic nitrogens is 6. The summed E-state index contributed by atoms with van der Waals surface area (Å²) in [4.78, 5) is 15.9. The van der Waals surface area contributed by atoms with Crippen molar-refractivity contribution >= 4 is 28.8 Å². The first kappa shape index (κ1) is 13.6. The van der Waals surface area contributed by atoms with Crippen molar-refractivity contribution < 1.29 is 9.53 Å². The molecule has 9 heteroatoms. The maximum Gasteiger partial charge on any atom is 0.316 e. The third-order valence-corrected chi connectivity index (χ3v) is 3.79. The van der Waals surface area contributed by atoms with Gasteiger partial charge in [0, 0.05) is 7.05 Å². The van der Waals surface area contributed by atoms with E-state index >= 15 is 0 Å². The summed E-state index contributed by atoms with van der Waals surface area (Å²) in [6, 6.07) is 7.65. The fourth-order valence-electron chi connectivity index (χ4n) is 1.89. The molecule has 0 saturated heterocycles. The average Bonchev–Trinajstić information content (AvgIpc) is 3.07. The number of ether oxygens (including phenoxy) is 1. The molecule has 8 nitrogen and oxygen atoms in total. The number of esters is 1. The molecule has 0 aliphatic rings. The topological polar surface area (TPSA) is 87.7 Å². The highest BCUT2D eigenvalue weighted by molar-refractivity contribution is 7.99. The molecule has 0 radical (unpaired) electrons.